The summed E-state index contributed by atoms with van der Waals surface area (Å²) in [7, 11) is 0. The molecule has 0 saturated carbocycles. The van der Waals surface area contributed by atoms with E-state index < -0.39 is 0 Å². The van der Waals surface area contributed by atoms with E-state index in [0.29, 0.717) is 6.61 Å². The Morgan fingerprint density at radius 2 is 1.91 bits per heavy atom. The molecule has 2 aromatic rings. The van der Waals surface area contributed by atoms with Crippen LogP contribution in [0.3, 0.4) is 0 Å². The average Bonchev–Trinajstić information content (AvgIpc) is 3.17. The summed E-state index contributed by atoms with van der Waals surface area (Å²) in [6.45, 7) is 5.94. The normalized spacial score (nSPS) is 19.8. The van der Waals surface area contributed by atoms with Gasteiger partial charge in [0.2, 0.25) is 0 Å². The van der Waals surface area contributed by atoms with E-state index >= 15 is 0 Å². The van der Waals surface area contributed by atoms with Gasteiger partial charge in [0.15, 0.2) is 0 Å². The third-order valence-corrected chi connectivity index (χ3v) is 5.11. The Bertz CT molecular complexity index is 704. The zero-order valence-corrected chi connectivity index (χ0v) is 14.0. The van der Waals surface area contributed by atoms with Crippen molar-refractivity contribution in [2.45, 2.75) is 45.6 Å². The maximum absolute atomic E-state index is 6.10. The van der Waals surface area contributed by atoms with Crippen LogP contribution in [0.15, 0.2) is 30.3 Å². The summed E-state index contributed by atoms with van der Waals surface area (Å²) >= 11 is 0. The lowest BCUT2D eigenvalue weighted by Crippen LogP contribution is -2.15. The number of rotatable bonds is 3. The van der Waals surface area contributed by atoms with E-state index in [1.54, 1.807) is 5.56 Å². The second kappa shape index (κ2) is 6.01. The molecule has 1 fully saturated rings. The molecule has 1 aliphatic carbocycles. The summed E-state index contributed by atoms with van der Waals surface area (Å²) in [5.41, 5.74) is 8.50. The summed E-state index contributed by atoms with van der Waals surface area (Å²) in [5.74, 6) is 0.979. The van der Waals surface area contributed by atoms with Gasteiger partial charge in [0, 0.05) is 6.42 Å². The molecule has 1 aliphatic heterocycles. The first kappa shape index (κ1) is 14.8. The van der Waals surface area contributed by atoms with Crippen LogP contribution in [0.4, 0.5) is 0 Å². The van der Waals surface area contributed by atoms with Gasteiger partial charge in [-0.1, -0.05) is 18.2 Å². The van der Waals surface area contributed by atoms with Gasteiger partial charge in [-0.2, -0.15) is 0 Å². The van der Waals surface area contributed by atoms with Crippen molar-refractivity contribution in [1.29, 1.82) is 0 Å². The molecule has 2 aliphatic rings. The summed E-state index contributed by atoms with van der Waals surface area (Å²) in [6, 6.07) is 11.2. The van der Waals surface area contributed by atoms with Gasteiger partial charge in [0.25, 0.3) is 0 Å². The Morgan fingerprint density at radius 3 is 2.65 bits per heavy atom. The van der Waals surface area contributed by atoms with Gasteiger partial charge in [0.1, 0.15) is 11.9 Å². The number of benzene rings is 2. The molecule has 2 nitrogen and oxygen atoms in total. The van der Waals surface area contributed by atoms with Crippen LogP contribution in [0.25, 0.3) is 11.1 Å². The molecular formula is C21H24O2. The largest absolute Gasteiger partial charge is 0.488 e. The Hall–Kier alpha value is -1.80. The van der Waals surface area contributed by atoms with Gasteiger partial charge in [-0.25, -0.2) is 0 Å². The van der Waals surface area contributed by atoms with Crippen molar-refractivity contribution in [3.05, 3.63) is 52.6 Å². The highest BCUT2D eigenvalue weighted by atomic mass is 16.5. The topological polar surface area (TPSA) is 18.5 Å². The highest BCUT2D eigenvalue weighted by Crippen LogP contribution is 2.37. The highest BCUT2D eigenvalue weighted by molar-refractivity contribution is 5.76. The maximum Gasteiger partial charge on any atom is 0.124 e. The van der Waals surface area contributed by atoms with Gasteiger partial charge < -0.3 is 9.47 Å². The fraction of sp³-hybridized carbons (Fsp3) is 0.429. The molecule has 2 heteroatoms. The molecule has 0 spiro atoms. The Balaban J connectivity index is 1.71. The molecule has 1 saturated heterocycles. The van der Waals surface area contributed by atoms with Crippen molar-refractivity contribution >= 4 is 0 Å². The Morgan fingerprint density at radius 1 is 1.09 bits per heavy atom. The number of fused-ring (bicyclic) bond motifs is 1. The SMILES string of the molecule is Cc1cc(O[C@H]2CCOC2)cc(C)c1-c1cccc2c1CCC2. The lowest BCUT2D eigenvalue weighted by molar-refractivity contribution is 0.141. The van der Waals surface area contributed by atoms with Crippen molar-refractivity contribution in [3.8, 4) is 16.9 Å². The van der Waals surface area contributed by atoms with E-state index in [2.05, 4.69) is 44.2 Å². The highest BCUT2D eigenvalue weighted by Gasteiger charge is 2.20. The molecule has 4 rings (SSSR count). The lowest BCUT2D eigenvalue weighted by Gasteiger charge is -2.18. The molecule has 0 bridgehead atoms. The lowest BCUT2D eigenvalue weighted by atomic mass is 9.90. The van der Waals surface area contributed by atoms with E-state index in [0.717, 1.165) is 18.8 Å². The van der Waals surface area contributed by atoms with Crippen molar-refractivity contribution in [1.82, 2.24) is 0 Å². The molecule has 0 unspecified atom stereocenters. The van der Waals surface area contributed by atoms with Crippen LogP contribution in [-0.2, 0) is 17.6 Å². The van der Waals surface area contributed by atoms with Crippen LogP contribution in [-0.4, -0.2) is 19.3 Å². The van der Waals surface area contributed by atoms with Crippen LogP contribution >= 0.6 is 0 Å². The van der Waals surface area contributed by atoms with E-state index in [1.165, 1.54) is 47.1 Å². The van der Waals surface area contributed by atoms with Gasteiger partial charge in [-0.3, -0.25) is 0 Å². The number of hydrogen-bond donors (Lipinski definition) is 0. The summed E-state index contributed by atoms with van der Waals surface area (Å²) in [4.78, 5) is 0. The number of aryl methyl sites for hydroxylation is 3. The number of ether oxygens (including phenoxy) is 2. The smallest absolute Gasteiger partial charge is 0.124 e. The standard InChI is InChI=1S/C21H24O2/c1-14-11-18(23-17-9-10-22-13-17)12-15(2)21(14)20-8-4-6-16-5-3-7-19(16)20/h4,6,8,11-12,17H,3,5,7,9-10,13H2,1-2H3/t17-/m0/s1. The molecule has 1 atom stereocenters. The second-order valence-corrected chi connectivity index (χ2v) is 6.83. The molecular weight excluding hydrogens is 284 g/mol. The predicted octanol–water partition coefficient (Wildman–Crippen LogP) is 4.63. The molecule has 0 aromatic heterocycles. The van der Waals surface area contributed by atoms with Gasteiger partial charge >= 0.3 is 0 Å². The molecule has 2 aromatic carbocycles. The third kappa shape index (κ3) is 2.76. The predicted molar refractivity (Wildman–Crippen MR) is 93.2 cm³/mol. The minimum atomic E-state index is 0.209. The van der Waals surface area contributed by atoms with Crippen LogP contribution in [0, 0.1) is 13.8 Å². The first-order valence-electron chi connectivity index (χ1n) is 8.69. The zero-order chi connectivity index (χ0) is 15.8. The second-order valence-electron chi connectivity index (χ2n) is 6.83. The average molecular weight is 308 g/mol. The first-order valence-corrected chi connectivity index (χ1v) is 8.69. The van der Waals surface area contributed by atoms with E-state index in [1.807, 2.05) is 0 Å². The van der Waals surface area contributed by atoms with Crippen molar-refractivity contribution in [2.75, 3.05) is 13.2 Å². The Kier molecular flexibility index (Phi) is 3.86. The minimum absolute atomic E-state index is 0.209. The molecule has 0 amide bonds. The van der Waals surface area contributed by atoms with E-state index in [4.69, 9.17) is 9.47 Å². The molecule has 23 heavy (non-hydrogen) atoms. The molecule has 120 valence electrons. The Labute approximate surface area is 138 Å². The monoisotopic (exact) mass is 308 g/mol. The van der Waals surface area contributed by atoms with Gasteiger partial charge in [-0.05, 0) is 78.6 Å². The van der Waals surface area contributed by atoms with Crippen LogP contribution in [0.1, 0.15) is 35.1 Å². The first-order chi connectivity index (χ1) is 11.2. The minimum Gasteiger partial charge on any atom is -0.488 e. The van der Waals surface area contributed by atoms with E-state index in [-0.39, 0.29) is 6.10 Å². The van der Waals surface area contributed by atoms with E-state index in [9.17, 15) is 0 Å². The van der Waals surface area contributed by atoms with Crippen LogP contribution in [0.5, 0.6) is 5.75 Å². The van der Waals surface area contributed by atoms with Gasteiger partial charge in [-0.15, -0.1) is 0 Å². The van der Waals surface area contributed by atoms with Gasteiger partial charge in [0.05, 0.1) is 13.2 Å². The van der Waals surface area contributed by atoms with Crippen LogP contribution < -0.4 is 4.74 Å². The molecule has 1 heterocycles. The van der Waals surface area contributed by atoms with Crippen LogP contribution in [0.2, 0.25) is 0 Å². The van der Waals surface area contributed by atoms with Crippen molar-refractivity contribution in [3.63, 3.8) is 0 Å². The third-order valence-electron chi connectivity index (χ3n) is 5.11. The molecule has 0 radical (unpaired) electrons. The zero-order valence-electron chi connectivity index (χ0n) is 14.0. The summed E-state index contributed by atoms with van der Waals surface area (Å²) in [5, 5.41) is 0. The van der Waals surface area contributed by atoms with Crippen molar-refractivity contribution in [2.24, 2.45) is 0 Å². The quantitative estimate of drug-likeness (QED) is 0.823. The maximum atomic E-state index is 6.10. The van der Waals surface area contributed by atoms with Crippen molar-refractivity contribution < 1.29 is 9.47 Å². The molecule has 0 N–H and O–H groups in total. The summed E-state index contributed by atoms with van der Waals surface area (Å²) < 4.78 is 11.5. The fourth-order valence-electron chi connectivity index (χ4n) is 4.07. The fourth-order valence-corrected chi connectivity index (χ4v) is 4.07. The summed E-state index contributed by atoms with van der Waals surface area (Å²) in [6.07, 6.45) is 4.92. The number of hydrogen-bond acceptors (Lipinski definition) is 2.